The van der Waals surface area contributed by atoms with E-state index in [-0.39, 0.29) is 0 Å². The molecular weight excluding hydrogens is 184 g/mol. The van der Waals surface area contributed by atoms with Crippen LogP contribution < -0.4 is 0 Å². The van der Waals surface area contributed by atoms with Gasteiger partial charge in [-0.15, -0.1) is 0 Å². The third kappa shape index (κ3) is 5.55. The summed E-state index contributed by atoms with van der Waals surface area (Å²) in [4.78, 5) is 0. The Morgan fingerprint density at radius 2 is 2.31 bits per heavy atom. The van der Waals surface area contributed by atoms with Crippen molar-refractivity contribution < 1.29 is 9.84 Å². The molecule has 0 aromatic rings. The molecule has 1 N–H and O–H groups in total. The number of rotatable bonds is 5. The van der Waals surface area contributed by atoms with Gasteiger partial charge in [0, 0.05) is 12.4 Å². The van der Waals surface area contributed by atoms with Gasteiger partial charge in [0.2, 0.25) is 0 Å². The minimum atomic E-state index is -0.510. The molecule has 1 unspecified atom stereocenters. The normalized spacial score (nSPS) is 23.8. The Labute approximate surface area is 85.0 Å². The van der Waals surface area contributed by atoms with E-state index < -0.39 is 5.60 Å². The summed E-state index contributed by atoms with van der Waals surface area (Å²) in [5.74, 6) is 2.12. The van der Waals surface area contributed by atoms with Gasteiger partial charge in [0.25, 0.3) is 0 Å². The first-order chi connectivity index (χ1) is 6.08. The minimum absolute atomic E-state index is 0.479. The molecular formula is C10H20O2S. The molecule has 3 heteroatoms. The van der Waals surface area contributed by atoms with E-state index in [2.05, 4.69) is 0 Å². The molecule has 1 saturated heterocycles. The summed E-state index contributed by atoms with van der Waals surface area (Å²) in [6.45, 7) is 4.66. The molecule has 1 aliphatic heterocycles. The number of thioether (sulfide) groups is 1. The fourth-order valence-electron chi connectivity index (χ4n) is 1.31. The molecule has 0 radical (unpaired) electrons. The molecule has 0 saturated carbocycles. The Bertz CT molecular complexity index is 136. The molecule has 1 aliphatic rings. The molecule has 0 aliphatic carbocycles. The second-order valence-electron chi connectivity index (χ2n) is 4.27. The van der Waals surface area contributed by atoms with Crippen LogP contribution in [0.1, 0.15) is 33.1 Å². The molecule has 1 rings (SSSR count). The van der Waals surface area contributed by atoms with Crippen molar-refractivity contribution in [2.24, 2.45) is 0 Å². The Morgan fingerprint density at radius 3 is 2.85 bits per heavy atom. The van der Waals surface area contributed by atoms with Crippen molar-refractivity contribution in [3.05, 3.63) is 0 Å². The summed E-state index contributed by atoms with van der Waals surface area (Å²) in [6.07, 6.45) is 3.78. The maximum Gasteiger partial charge on any atom is 0.0666 e. The molecule has 13 heavy (non-hydrogen) atoms. The fourth-order valence-corrected chi connectivity index (χ4v) is 2.65. The third-order valence-corrected chi connectivity index (χ3v) is 3.29. The zero-order chi connectivity index (χ0) is 9.73. The molecule has 1 fully saturated rings. The van der Waals surface area contributed by atoms with Crippen LogP contribution in [-0.4, -0.2) is 34.9 Å². The quantitative estimate of drug-likeness (QED) is 0.695. The van der Waals surface area contributed by atoms with Gasteiger partial charge in [-0.2, -0.15) is 11.8 Å². The van der Waals surface area contributed by atoms with E-state index in [9.17, 15) is 5.11 Å². The summed E-state index contributed by atoms with van der Waals surface area (Å²) >= 11 is 1.89. The van der Waals surface area contributed by atoms with Crippen LogP contribution in [0, 0.1) is 0 Å². The van der Waals surface area contributed by atoms with Crippen LogP contribution in [0.4, 0.5) is 0 Å². The van der Waals surface area contributed by atoms with Gasteiger partial charge in [0.05, 0.1) is 11.7 Å². The topological polar surface area (TPSA) is 29.5 Å². The van der Waals surface area contributed by atoms with Gasteiger partial charge in [-0.1, -0.05) is 0 Å². The lowest BCUT2D eigenvalue weighted by Gasteiger charge is -2.16. The second kappa shape index (κ2) is 5.23. The molecule has 0 aromatic carbocycles. The van der Waals surface area contributed by atoms with Crippen LogP contribution in [0.2, 0.25) is 0 Å². The van der Waals surface area contributed by atoms with Crippen LogP contribution >= 0.6 is 11.8 Å². The van der Waals surface area contributed by atoms with Crippen molar-refractivity contribution in [2.45, 2.75) is 44.8 Å². The van der Waals surface area contributed by atoms with Crippen molar-refractivity contribution in [2.75, 3.05) is 18.1 Å². The average molecular weight is 204 g/mol. The fraction of sp³-hybridized carbons (Fsp3) is 1.00. The van der Waals surface area contributed by atoms with E-state index in [1.54, 1.807) is 0 Å². The van der Waals surface area contributed by atoms with Gasteiger partial charge < -0.3 is 9.84 Å². The third-order valence-electron chi connectivity index (χ3n) is 2.19. The van der Waals surface area contributed by atoms with Gasteiger partial charge in [0.1, 0.15) is 0 Å². The molecule has 0 amide bonds. The lowest BCUT2D eigenvalue weighted by Crippen LogP contribution is -2.19. The monoisotopic (exact) mass is 204 g/mol. The molecule has 78 valence electrons. The van der Waals surface area contributed by atoms with Gasteiger partial charge >= 0.3 is 0 Å². The molecule has 2 nitrogen and oxygen atoms in total. The molecule has 0 aromatic heterocycles. The van der Waals surface area contributed by atoms with Crippen LogP contribution in [0.15, 0.2) is 0 Å². The van der Waals surface area contributed by atoms with E-state index in [0.29, 0.717) is 6.10 Å². The van der Waals surface area contributed by atoms with Gasteiger partial charge in [-0.05, 0) is 38.9 Å². The standard InChI is InChI=1S/C10H20O2S/c1-10(2,11)5-7-13-8-9-4-3-6-12-9/h9,11H,3-8H2,1-2H3. The zero-order valence-corrected chi connectivity index (χ0v) is 9.40. The van der Waals surface area contributed by atoms with E-state index in [1.165, 1.54) is 12.8 Å². The highest BCUT2D eigenvalue weighted by molar-refractivity contribution is 7.99. The highest BCUT2D eigenvalue weighted by Crippen LogP contribution is 2.19. The Balaban J connectivity index is 1.94. The van der Waals surface area contributed by atoms with Crippen molar-refractivity contribution >= 4 is 11.8 Å². The molecule has 1 atom stereocenters. The van der Waals surface area contributed by atoms with E-state index in [0.717, 1.165) is 24.5 Å². The van der Waals surface area contributed by atoms with Crippen LogP contribution in [0.3, 0.4) is 0 Å². The van der Waals surface area contributed by atoms with Crippen molar-refractivity contribution in [1.29, 1.82) is 0 Å². The number of aliphatic hydroxyl groups is 1. The predicted molar refractivity (Wildman–Crippen MR) is 57.2 cm³/mol. The smallest absolute Gasteiger partial charge is 0.0666 e. The summed E-state index contributed by atoms with van der Waals surface area (Å²) < 4.78 is 5.50. The summed E-state index contributed by atoms with van der Waals surface area (Å²) in [5.41, 5.74) is -0.510. The van der Waals surface area contributed by atoms with Gasteiger partial charge in [-0.25, -0.2) is 0 Å². The molecule has 0 spiro atoms. The van der Waals surface area contributed by atoms with Gasteiger partial charge in [0.15, 0.2) is 0 Å². The van der Waals surface area contributed by atoms with E-state index in [4.69, 9.17) is 4.74 Å². The van der Waals surface area contributed by atoms with E-state index >= 15 is 0 Å². The number of ether oxygens (including phenoxy) is 1. The molecule has 1 heterocycles. The summed E-state index contributed by atoms with van der Waals surface area (Å²) in [7, 11) is 0. The lowest BCUT2D eigenvalue weighted by atomic mass is 10.1. The van der Waals surface area contributed by atoms with Crippen LogP contribution in [0.25, 0.3) is 0 Å². The minimum Gasteiger partial charge on any atom is -0.390 e. The maximum atomic E-state index is 9.47. The lowest BCUT2D eigenvalue weighted by molar-refractivity contribution is 0.0776. The number of hydrogen-bond donors (Lipinski definition) is 1. The van der Waals surface area contributed by atoms with Gasteiger partial charge in [-0.3, -0.25) is 0 Å². The first-order valence-corrected chi connectivity index (χ1v) is 6.15. The highest BCUT2D eigenvalue weighted by atomic mass is 32.2. The summed E-state index contributed by atoms with van der Waals surface area (Å²) in [6, 6.07) is 0. The Kier molecular flexibility index (Phi) is 4.56. The van der Waals surface area contributed by atoms with Crippen molar-refractivity contribution in [3.8, 4) is 0 Å². The van der Waals surface area contributed by atoms with Crippen LogP contribution in [-0.2, 0) is 4.74 Å². The largest absolute Gasteiger partial charge is 0.390 e. The second-order valence-corrected chi connectivity index (χ2v) is 5.42. The van der Waals surface area contributed by atoms with Crippen molar-refractivity contribution in [1.82, 2.24) is 0 Å². The summed E-state index contributed by atoms with van der Waals surface area (Å²) in [5, 5.41) is 9.47. The number of hydrogen-bond acceptors (Lipinski definition) is 3. The molecule has 0 bridgehead atoms. The average Bonchev–Trinajstić information content (AvgIpc) is 2.48. The van der Waals surface area contributed by atoms with Crippen LogP contribution in [0.5, 0.6) is 0 Å². The Hall–Kier alpha value is 0.270. The highest BCUT2D eigenvalue weighted by Gasteiger charge is 2.16. The van der Waals surface area contributed by atoms with E-state index in [1.807, 2.05) is 25.6 Å². The first-order valence-electron chi connectivity index (χ1n) is 5.00. The SMILES string of the molecule is CC(C)(O)CCSCC1CCCO1. The first kappa shape index (κ1) is 11.3. The Morgan fingerprint density at radius 1 is 1.54 bits per heavy atom. The zero-order valence-electron chi connectivity index (χ0n) is 8.58. The maximum absolute atomic E-state index is 9.47. The predicted octanol–water partition coefficient (Wildman–Crippen LogP) is 2.06. The van der Waals surface area contributed by atoms with Crippen molar-refractivity contribution in [3.63, 3.8) is 0 Å².